The van der Waals surface area contributed by atoms with Crippen LogP contribution in [0.5, 0.6) is 0 Å². The van der Waals surface area contributed by atoms with Crippen LogP contribution in [-0.2, 0) is 4.79 Å². The van der Waals surface area contributed by atoms with Crippen LogP contribution in [0, 0.1) is 0 Å². The highest BCUT2D eigenvalue weighted by Gasteiger charge is 1.94. The topological polar surface area (TPSA) is 32.3 Å². The quantitative estimate of drug-likeness (QED) is 0.449. The van der Waals surface area contributed by atoms with E-state index in [0.29, 0.717) is 6.67 Å². The van der Waals surface area contributed by atoms with E-state index in [-0.39, 0.29) is 5.91 Å². The van der Waals surface area contributed by atoms with Gasteiger partial charge in [0.1, 0.15) is 0 Å². The molecule has 0 heterocycles. The van der Waals surface area contributed by atoms with Crippen molar-refractivity contribution >= 4 is 5.91 Å². The van der Waals surface area contributed by atoms with E-state index >= 15 is 0 Å². The molecule has 3 nitrogen and oxygen atoms in total. The predicted octanol–water partition coefficient (Wildman–Crippen LogP) is 0.198. The van der Waals surface area contributed by atoms with E-state index in [4.69, 9.17) is 0 Å². The molecule has 0 unspecified atom stereocenters. The minimum atomic E-state index is -0.125. The summed E-state index contributed by atoms with van der Waals surface area (Å²) in [5.74, 6) is -0.125. The summed E-state index contributed by atoms with van der Waals surface area (Å²) in [7, 11) is 1.93. The van der Waals surface area contributed by atoms with Gasteiger partial charge in [0.05, 0.1) is 6.67 Å². The van der Waals surface area contributed by atoms with Crippen LogP contribution in [0.3, 0.4) is 0 Å². The number of hydrogen-bond acceptors (Lipinski definition) is 2. The van der Waals surface area contributed by atoms with Crippen molar-refractivity contribution in [1.29, 1.82) is 0 Å². The van der Waals surface area contributed by atoms with Crippen molar-refractivity contribution in [1.82, 2.24) is 10.2 Å². The standard InChI is InChI=1S/C7H14N2O/c1-4-7(10)8-6-9(3)5-2/h4H,1,5-6H2,2-3H3,(H,8,10). The molecule has 0 saturated heterocycles. The van der Waals surface area contributed by atoms with Gasteiger partial charge < -0.3 is 5.32 Å². The van der Waals surface area contributed by atoms with Crippen LogP contribution in [0.25, 0.3) is 0 Å². The Morgan fingerprint density at radius 1 is 1.80 bits per heavy atom. The highest BCUT2D eigenvalue weighted by atomic mass is 16.1. The molecule has 0 radical (unpaired) electrons. The van der Waals surface area contributed by atoms with E-state index in [2.05, 4.69) is 11.9 Å². The second kappa shape index (κ2) is 4.99. The number of carbonyl (C=O) groups is 1. The van der Waals surface area contributed by atoms with Crippen molar-refractivity contribution in [2.24, 2.45) is 0 Å². The molecule has 58 valence electrons. The molecule has 0 aromatic heterocycles. The summed E-state index contributed by atoms with van der Waals surface area (Å²) in [4.78, 5) is 12.6. The van der Waals surface area contributed by atoms with Gasteiger partial charge in [-0.2, -0.15) is 0 Å². The zero-order valence-corrected chi connectivity index (χ0v) is 6.55. The molecule has 0 aliphatic carbocycles. The van der Waals surface area contributed by atoms with Crippen LogP contribution in [-0.4, -0.2) is 31.1 Å². The van der Waals surface area contributed by atoms with E-state index < -0.39 is 0 Å². The smallest absolute Gasteiger partial charge is 0.244 e. The number of nitrogens with one attached hydrogen (secondary N) is 1. The molecular weight excluding hydrogens is 128 g/mol. The van der Waals surface area contributed by atoms with E-state index in [0.717, 1.165) is 6.54 Å². The first-order chi connectivity index (χ1) is 4.70. The third-order valence-electron chi connectivity index (χ3n) is 1.25. The minimum absolute atomic E-state index is 0.125. The Bertz CT molecular complexity index is 123. The fraction of sp³-hybridized carbons (Fsp3) is 0.571. The summed E-state index contributed by atoms with van der Waals surface area (Å²) < 4.78 is 0. The van der Waals surface area contributed by atoms with Crippen LogP contribution in [0.1, 0.15) is 6.92 Å². The van der Waals surface area contributed by atoms with Gasteiger partial charge >= 0.3 is 0 Å². The van der Waals surface area contributed by atoms with Crippen molar-refractivity contribution < 1.29 is 4.79 Å². The number of rotatable bonds is 4. The Balaban J connectivity index is 3.34. The third-order valence-corrected chi connectivity index (χ3v) is 1.25. The van der Waals surface area contributed by atoms with Crippen LogP contribution in [0.4, 0.5) is 0 Å². The molecular formula is C7H14N2O. The van der Waals surface area contributed by atoms with Crippen molar-refractivity contribution in [3.8, 4) is 0 Å². The second-order valence-corrected chi connectivity index (χ2v) is 2.08. The van der Waals surface area contributed by atoms with Gasteiger partial charge in [0.25, 0.3) is 0 Å². The zero-order chi connectivity index (χ0) is 7.98. The highest BCUT2D eigenvalue weighted by molar-refractivity contribution is 5.86. The molecule has 0 atom stereocenters. The lowest BCUT2D eigenvalue weighted by atomic mass is 10.6. The summed E-state index contributed by atoms with van der Waals surface area (Å²) in [5, 5.41) is 2.65. The highest BCUT2D eigenvalue weighted by Crippen LogP contribution is 1.75. The first-order valence-corrected chi connectivity index (χ1v) is 3.29. The molecule has 0 bridgehead atoms. The first kappa shape index (κ1) is 9.17. The molecule has 0 aliphatic heterocycles. The van der Waals surface area contributed by atoms with Crippen molar-refractivity contribution in [3.05, 3.63) is 12.7 Å². The van der Waals surface area contributed by atoms with E-state index in [1.165, 1.54) is 6.08 Å². The Morgan fingerprint density at radius 3 is 2.80 bits per heavy atom. The Labute approximate surface area is 61.7 Å². The molecule has 0 saturated carbocycles. The molecule has 0 rings (SSSR count). The zero-order valence-electron chi connectivity index (χ0n) is 6.55. The van der Waals surface area contributed by atoms with Gasteiger partial charge in [-0.1, -0.05) is 13.5 Å². The molecule has 1 N–H and O–H groups in total. The summed E-state index contributed by atoms with van der Waals surface area (Å²) in [6.45, 7) is 6.87. The lowest BCUT2D eigenvalue weighted by molar-refractivity contribution is -0.117. The predicted molar refractivity (Wildman–Crippen MR) is 41.5 cm³/mol. The monoisotopic (exact) mass is 142 g/mol. The van der Waals surface area contributed by atoms with Gasteiger partial charge in [0, 0.05) is 0 Å². The summed E-state index contributed by atoms with van der Waals surface area (Å²) >= 11 is 0. The summed E-state index contributed by atoms with van der Waals surface area (Å²) in [6.07, 6.45) is 1.27. The molecule has 0 aliphatic rings. The Morgan fingerprint density at radius 2 is 2.40 bits per heavy atom. The van der Waals surface area contributed by atoms with Gasteiger partial charge in [-0.3, -0.25) is 9.69 Å². The Kier molecular flexibility index (Phi) is 4.58. The van der Waals surface area contributed by atoms with E-state index in [1.807, 2.05) is 18.9 Å². The van der Waals surface area contributed by atoms with Crippen LogP contribution in [0.15, 0.2) is 12.7 Å². The molecule has 0 fully saturated rings. The van der Waals surface area contributed by atoms with Gasteiger partial charge in [0.2, 0.25) is 5.91 Å². The second-order valence-electron chi connectivity index (χ2n) is 2.08. The lowest BCUT2D eigenvalue weighted by Crippen LogP contribution is -2.33. The fourth-order valence-electron chi connectivity index (χ4n) is 0.397. The maximum Gasteiger partial charge on any atom is 0.244 e. The number of carbonyl (C=O) groups excluding carboxylic acids is 1. The van der Waals surface area contributed by atoms with Crippen LogP contribution >= 0.6 is 0 Å². The summed E-state index contributed by atoms with van der Waals surface area (Å²) in [6, 6.07) is 0. The fourth-order valence-corrected chi connectivity index (χ4v) is 0.397. The largest absolute Gasteiger partial charge is 0.340 e. The number of amides is 1. The molecule has 0 aromatic carbocycles. The first-order valence-electron chi connectivity index (χ1n) is 3.29. The van der Waals surface area contributed by atoms with E-state index in [1.54, 1.807) is 0 Å². The van der Waals surface area contributed by atoms with Gasteiger partial charge in [0.15, 0.2) is 0 Å². The van der Waals surface area contributed by atoms with Gasteiger partial charge in [-0.25, -0.2) is 0 Å². The average Bonchev–Trinajstić information content (AvgIpc) is 1.99. The molecule has 0 spiro atoms. The Hall–Kier alpha value is -0.830. The van der Waals surface area contributed by atoms with E-state index in [9.17, 15) is 4.79 Å². The average molecular weight is 142 g/mol. The van der Waals surface area contributed by atoms with Crippen LogP contribution in [0.2, 0.25) is 0 Å². The molecule has 10 heavy (non-hydrogen) atoms. The molecule has 1 amide bonds. The number of nitrogens with zero attached hydrogens (tertiary/aromatic N) is 1. The normalized spacial score (nSPS) is 9.50. The third kappa shape index (κ3) is 4.09. The molecule has 0 aromatic rings. The van der Waals surface area contributed by atoms with Gasteiger partial charge in [-0.15, -0.1) is 0 Å². The summed E-state index contributed by atoms with van der Waals surface area (Å²) in [5.41, 5.74) is 0. The van der Waals surface area contributed by atoms with Crippen molar-refractivity contribution in [2.45, 2.75) is 6.92 Å². The SMILES string of the molecule is C=CC(=O)NCN(C)CC. The van der Waals surface area contributed by atoms with Crippen molar-refractivity contribution in [2.75, 3.05) is 20.3 Å². The maximum absolute atomic E-state index is 10.6. The van der Waals surface area contributed by atoms with Crippen LogP contribution < -0.4 is 5.32 Å². The minimum Gasteiger partial charge on any atom is -0.340 e. The molecule has 3 heteroatoms. The van der Waals surface area contributed by atoms with Gasteiger partial charge in [-0.05, 0) is 19.7 Å². The number of hydrogen-bond donors (Lipinski definition) is 1. The lowest BCUT2D eigenvalue weighted by Gasteiger charge is -2.13. The van der Waals surface area contributed by atoms with Crippen molar-refractivity contribution in [3.63, 3.8) is 0 Å². The maximum atomic E-state index is 10.6.